The summed E-state index contributed by atoms with van der Waals surface area (Å²) in [7, 11) is 0. The molecule has 3 aromatic rings. The molecule has 5 heteroatoms. The highest BCUT2D eigenvalue weighted by Gasteiger charge is 2.18. The molecule has 3 heterocycles. The van der Waals surface area contributed by atoms with Crippen LogP contribution in [0.15, 0.2) is 27.3 Å². The number of anilines is 1. The lowest BCUT2D eigenvalue weighted by Gasteiger charge is -1.86. The van der Waals surface area contributed by atoms with Gasteiger partial charge >= 0.3 is 0 Å². The number of rotatable bonds is 1. The van der Waals surface area contributed by atoms with Gasteiger partial charge in [-0.1, -0.05) is 5.16 Å². The number of nitrogen functional groups attached to an aromatic ring is 1. The lowest BCUT2D eigenvalue weighted by atomic mass is 10.3. The summed E-state index contributed by atoms with van der Waals surface area (Å²) in [6, 6.07) is 3.67. The Hall–Kier alpha value is -1.75. The number of fused-ring (bicyclic) bond motifs is 1. The largest absolute Gasteiger partial charge is 0.463 e. The molecule has 3 aromatic heterocycles. The maximum absolute atomic E-state index is 5.85. The molecule has 76 valence electrons. The Morgan fingerprint density at radius 3 is 3.07 bits per heavy atom. The molecule has 15 heavy (non-hydrogen) atoms. The van der Waals surface area contributed by atoms with Crippen LogP contribution in [0.5, 0.6) is 0 Å². The Kier molecular flexibility index (Phi) is 1.63. The third-order valence-corrected chi connectivity index (χ3v) is 3.39. The van der Waals surface area contributed by atoms with Crippen LogP contribution in [0.4, 0.5) is 5.69 Å². The highest BCUT2D eigenvalue weighted by atomic mass is 32.1. The van der Waals surface area contributed by atoms with Gasteiger partial charge < -0.3 is 14.7 Å². The van der Waals surface area contributed by atoms with Crippen molar-refractivity contribution >= 4 is 27.3 Å². The molecule has 4 nitrogen and oxygen atoms in total. The van der Waals surface area contributed by atoms with Crippen LogP contribution < -0.4 is 5.73 Å². The standard InChI is InChI=1S/C10H8N2O2S/c1-5-7(11)9-10(15-5)8(12-14-9)6-3-2-4-13-6/h2-4H,11H2,1H3. The summed E-state index contributed by atoms with van der Waals surface area (Å²) < 4.78 is 11.4. The van der Waals surface area contributed by atoms with E-state index in [1.54, 1.807) is 17.6 Å². The monoisotopic (exact) mass is 220 g/mol. The summed E-state index contributed by atoms with van der Waals surface area (Å²) in [5, 5.41) is 3.96. The van der Waals surface area contributed by atoms with Crippen LogP contribution in [0.3, 0.4) is 0 Å². The fourth-order valence-electron chi connectivity index (χ4n) is 1.49. The van der Waals surface area contributed by atoms with Gasteiger partial charge in [-0.25, -0.2) is 0 Å². The van der Waals surface area contributed by atoms with E-state index in [2.05, 4.69) is 5.16 Å². The normalized spacial score (nSPS) is 11.3. The summed E-state index contributed by atoms with van der Waals surface area (Å²) in [5.74, 6) is 0.704. The van der Waals surface area contributed by atoms with Crippen LogP contribution in [-0.2, 0) is 0 Å². The molecule has 0 spiro atoms. The first-order valence-electron chi connectivity index (χ1n) is 4.45. The van der Waals surface area contributed by atoms with Crippen molar-refractivity contribution in [3.05, 3.63) is 23.3 Å². The van der Waals surface area contributed by atoms with Gasteiger partial charge in [-0.3, -0.25) is 0 Å². The van der Waals surface area contributed by atoms with Gasteiger partial charge in [0.05, 0.1) is 12.0 Å². The Bertz CT molecular complexity index is 607. The Labute approximate surface area is 89.3 Å². The van der Waals surface area contributed by atoms with Gasteiger partial charge in [-0.15, -0.1) is 11.3 Å². The summed E-state index contributed by atoms with van der Waals surface area (Å²) in [6.07, 6.45) is 1.61. The van der Waals surface area contributed by atoms with Crippen molar-refractivity contribution in [2.75, 3.05) is 5.73 Å². The van der Waals surface area contributed by atoms with Crippen LogP contribution in [0.1, 0.15) is 4.88 Å². The molecule has 0 aliphatic carbocycles. The van der Waals surface area contributed by atoms with Crippen LogP contribution in [0, 0.1) is 6.92 Å². The van der Waals surface area contributed by atoms with Gasteiger partial charge in [0.15, 0.2) is 11.5 Å². The topological polar surface area (TPSA) is 65.2 Å². The minimum Gasteiger partial charge on any atom is -0.463 e. The summed E-state index contributed by atoms with van der Waals surface area (Å²) in [4.78, 5) is 1.04. The van der Waals surface area contributed by atoms with Gasteiger partial charge in [-0.05, 0) is 19.1 Å². The van der Waals surface area contributed by atoms with E-state index in [4.69, 9.17) is 14.7 Å². The zero-order valence-electron chi connectivity index (χ0n) is 7.98. The molecule has 0 aliphatic heterocycles. The van der Waals surface area contributed by atoms with Gasteiger partial charge in [0.2, 0.25) is 5.58 Å². The Balaban J connectivity index is 2.33. The number of aromatic nitrogens is 1. The van der Waals surface area contributed by atoms with Gasteiger partial charge in [0.25, 0.3) is 0 Å². The van der Waals surface area contributed by atoms with Crippen LogP contribution in [0.25, 0.3) is 21.7 Å². The predicted octanol–water partition coefficient (Wildman–Crippen LogP) is 3.04. The molecule has 0 amide bonds. The highest BCUT2D eigenvalue weighted by molar-refractivity contribution is 7.20. The zero-order valence-corrected chi connectivity index (χ0v) is 8.80. The van der Waals surface area contributed by atoms with Crippen molar-refractivity contribution in [2.45, 2.75) is 6.92 Å². The van der Waals surface area contributed by atoms with Crippen molar-refractivity contribution in [1.82, 2.24) is 5.16 Å². The first kappa shape index (κ1) is 8.55. The SMILES string of the molecule is Cc1sc2c(-c3ccco3)noc2c1N. The quantitative estimate of drug-likeness (QED) is 0.684. The number of furan rings is 1. The van der Waals surface area contributed by atoms with Crippen LogP contribution in [0.2, 0.25) is 0 Å². The molecule has 0 unspecified atom stereocenters. The smallest absolute Gasteiger partial charge is 0.201 e. The fourth-order valence-corrected chi connectivity index (χ4v) is 2.47. The number of hydrogen-bond donors (Lipinski definition) is 1. The van der Waals surface area contributed by atoms with E-state index in [9.17, 15) is 0 Å². The molecule has 0 saturated carbocycles. The van der Waals surface area contributed by atoms with Gasteiger partial charge in [0, 0.05) is 4.88 Å². The van der Waals surface area contributed by atoms with E-state index in [0.29, 0.717) is 17.0 Å². The molecular formula is C10H8N2O2S. The maximum atomic E-state index is 5.85. The fraction of sp³-hybridized carbons (Fsp3) is 0.100. The van der Waals surface area contributed by atoms with Gasteiger partial charge in [0.1, 0.15) is 4.70 Å². The lowest BCUT2D eigenvalue weighted by molar-refractivity contribution is 0.455. The third kappa shape index (κ3) is 1.10. The minimum atomic E-state index is 0.656. The van der Waals surface area contributed by atoms with E-state index in [-0.39, 0.29) is 0 Å². The molecular weight excluding hydrogens is 212 g/mol. The minimum absolute atomic E-state index is 0.656. The summed E-state index contributed by atoms with van der Waals surface area (Å²) in [5.41, 5.74) is 7.90. The number of nitrogens with two attached hydrogens (primary N) is 1. The average Bonchev–Trinajstić information content (AvgIpc) is 2.87. The molecule has 0 aromatic carbocycles. The molecule has 0 saturated heterocycles. The van der Waals surface area contributed by atoms with E-state index in [1.165, 1.54) is 0 Å². The Morgan fingerprint density at radius 1 is 1.47 bits per heavy atom. The third-order valence-electron chi connectivity index (χ3n) is 2.28. The number of thiophene rings is 1. The molecule has 0 aliphatic rings. The predicted molar refractivity (Wildman–Crippen MR) is 58.7 cm³/mol. The maximum Gasteiger partial charge on any atom is 0.201 e. The zero-order chi connectivity index (χ0) is 10.4. The average molecular weight is 220 g/mol. The van der Waals surface area contributed by atoms with Crippen LogP contribution in [-0.4, -0.2) is 5.16 Å². The van der Waals surface area contributed by atoms with Crippen molar-refractivity contribution in [3.63, 3.8) is 0 Å². The van der Waals surface area contributed by atoms with E-state index in [1.807, 2.05) is 19.1 Å². The number of nitrogens with zero attached hydrogens (tertiary/aromatic N) is 1. The van der Waals surface area contributed by atoms with Crippen LogP contribution >= 0.6 is 11.3 Å². The second-order valence-corrected chi connectivity index (χ2v) is 4.46. The number of hydrogen-bond acceptors (Lipinski definition) is 5. The molecule has 0 radical (unpaired) electrons. The van der Waals surface area contributed by atoms with Crippen molar-refractivity contribution in [3.8, 4) is 11.5 Å². The van der Waals surface area contributed by atoms with E-state index in [0.717, 1.165) is 15.3 Å². The van der Waals surface area contributed by atoms with E-state index >= 15 is 0 Å². The highest BCUT2D eigenvalue weighted by Crippen LogP contribution is 2.39. The lowest BCUT2D eigenvalue weighted by Crippen LogP contribution is -1.81. The number of aryl methyl sites for hydroxylation is 1. The summed E-state index contributed by atoms with van der Waals surface area (Å²) >= 11 is 1.57. The first-order chi connectivity index (χ1) is 7.27. The molecule has 0 atom stereocenters. The molecule has 3 rings (SSSR count). The van der Waals surface area contributed by atoms with E-state index < -0.39 is 0 Å². The first-order valence-corrected chi connectivity index (χ1v) is 5.27. The van der Waals surface area contributed by atoms with Crippen molar-refractivity contribution in [1.29, 1.82) is 0 Å². The second kappa shape index (κ2) is 2.87. The van der Waals surface area contributed by atoms with Crippen molar-refractivity contribution in [2.24, 2.45) is 0 Å². The molecule has 0 bridgehead atoms. The van der Waals surface area contributed by atoms with Gasteiger partial charge in [-0.2, -0.15) is 0 Å². The summed E-state index contributed by atoms with van der Waals surface area (Å²) in [6.45, 7) is 1.96. The second-order valence-electron chi connectivity index (χ2n) is 3.24. The molecule has 0 fully saturated rings. The molecule has 2 N–H and O–H groups in total. The van der Waals surface area contributed by atoms with Crippen molar-refractivity contribution < 1.29 is 8.94 Å². The Morgan fingerprint density at radius 2 is 2.33 bits per heavy atom.